The predicted molar refractivity (Wildman–Crippen MR) is 101 cm³/mol. The third-order valence-electron chi connectivity index (χ3n) is 6.08. The molecular weight excluding hydrogens is 348 g/mol. The number of piperidine rings is 1. The Morgan fingerprint density at radius 2 is 2.22 bits per heavy atom. The van der Waals surface area contributed by atoms with Crippen molar-refractivity contribution >= 4 is 26.8 Å². The van der Waals surface area contributed by atoms with Crippen molar-refractivity contribution in [1.29, 1.82) is 0 Å². The van der Waals surface area contributed by atoms with E-state index in [1.54, 1.807) is 0 Å². The van der Waals surface area contributed by atoms with Crippen molar-refractivity contribution in [2.24, 2.45) is 11.3 Å². The average Bonchev–Trinajstić information content (AvgIpc) is 2.95. The van der Waals surface area contributed by atoms with E-state index in [9.17, 15) is 0 Å². The van der Waals surface area contributed by atoms with E-state index in [0.29, 0.717) is 11.5 Å². The lowest BCUT2D eigenvalue weighted by Gasteiger charge is -2.52. The molecular formula is C20H25BrN2. The molecule has 1 saturated heterocycles. The fourth-order valence-electron chi connectivity index (χ4n) is 4.59. The summed E-state index contributed by atoms with van der Waals surface area (Å²) in [4.78, 5) is 6.13. The summed E-state index contributed by atoms with van der Waals surface area (Å²) in [6.07, 6.45) is 10.9. The van der Waals surface area contributed by atoms with E-state index in [2.05, 4.69) is 76.2 Å². The van der Waals surface area contributed by atoms with Crippen molar-refractivity contribution in [2.75, 3.05) is 13.1 Å². The van der Waals surface area contributed by atoms with E-state index in [4.69, 9.17) is 0 Å². The molecule has 1 aliphatic carbocycles. The van der Waals surface area contributed by atoms with Crippen molar-refractivity contribution < 1.29 is 0 Å². The van der Waals surface area contributed by atoms with Gasteiger partial charge in [-0.25, -0.2) is 0 Å². The number of rotatable bonds is 4. The molecule has 0 spiro atoms. The van der Waals surface area contributed by atoms with Crippen molar-refractivity contribution in [2.45, 2.75) is 39.2 Å². The minimum Gasteiger partial charge on any atom is -0.361 e. The highest BCUT2D eigenvalue weighted by atomic mass is 79.9. The molecule has 2 aliphatic heterocycles. The van der Waals surface area contributed by atoms with Gasteiger partial charge < -0.3 is 4.98 Å². The van der Waals surface area contributed by atoms with Crippen LogP contribution in [-0.4, -0.2) is 29.0 Å². The molecule has 3 heteroatoms. The Labute approximate surface area is 147 Å². The Morgan fingerprint density at radius 1 is 1.35 bits per heavy atom. The standard InChI is InChI=1S/C20H25BrN2/c1-3-20(2)11-14-4-7-19(20)23(13-14)9-8-15-12-22-18-6-5-16(21)10-17(15)18/h4-7,10,12,14,19,22H,3,8-9,11,13H2,1-2H3. The van der Waals surface area contributed by atoms with Crippen LogP contribution in [0.1, 0.15) is 32.3 Å². The molecule has 3 atom stereocenters. The molecule has 3 heterocycles. The summed E-state index contributed by atoms with van der Waals surface area (Å²) in [6.45, 7) is 7.22. The second-order valence-electron chi connectivity index (χ2n) is 7.55. The summed E-state index contributed by atoms with van der Waals surface area (Å²) in [5.41, 5.74) is 3.13. The number of nitrogens with zero attached hydrogens (tertiary/aromatic N) is 1. The number of hydrogen-bond donors (Lipinski definition) is 1. The Hall–Kier alpha value is -1.06. The first-order valence-electron chi connectivity index (χ1n) is 8.77. The van der Waals surface area contributed by atoms with Gasteiger partial charge in [0.05, 0.1) is 0 Å². The first-order valence-corrected chi connectivity index (χ1v) is 9.56. The average molecular weight is 373 g/mol. The van der Waals surface area contributed by atoms with Crippen molar-refractivity contribution in [1.82, 2.24) is 9.88 Å². The van der Waals surface area contributed by atoms with Crippen LogP contribution in [0, 0.1) is 11.3 Å². The normalized spacial score (nSPS) is 30.4. The Kier molecular flexibility index (Phi) is 3.89. The van der Waals surface area contributed by atoms with Crippen LogP contribution in [0.3, 0.4) is 0 Å². The summed E-state index contributed by atoms with van der Waals surface area (Å²) in [5, 5.41) is 1.36. The van der Waals surface area contributed by atoms with Crippen LogP contribution >= 0.6 is 15.9 Å². The van der Waals surface area contributed by atoms with Gasteiger partial charge in [-0.2, -0.15) is 0 Å². The Balaban J connectivity index is 1.53. The van der Waals surface area contributed by atoms with Gasteiger partial charge in [0.2, 0.25) is 0 Å². The molecule has 3 aliphatic rings. The molecule has 2 nitrogen and oxygen atoms in total. The van der Waals surface area contributed by atoms with E-state index in [-0.39, 0.29) is 0 Å². The second-order valence-corrected chi connectivity index (χ2v) is 8.47. The van der Waals surface area contributed by atoms with Gasteiger partial charge in [-0.1, -0.05) is 41.9 Å². The molecule has 0 radical (unpaired) electrons. The van der Waals surface area contributed by atoms with Crippen molar-refractivity contribution in [3.63, 3.8) is 0 Å². The van der Waals surface area contributed by atoms with E-state index in [1.165, 1.54) is 35.9 Å². The molecule has 5 rings (SSSR count). The number of benzene rings is 1. The minimum atomic E-state index is 0.459. The fourth-order valence-corrected chi connectivity index (χ4v) is 4.95. The summed E-state index contributed by atoms with van der Waals surface area (Å²) < 4.78 is 1.16. The van der Waals surface area contributed by atoms with Gasteiger partial charge in [-0.05, 0) is 54.4 Å². The number of hydrogen-bond acceptors (Lipinski definition) is 1. The number of aromatic nitrogens is 1. The highest BCUT2D eigenvalue weighted by Gasteiger charge is 2.44. The van der Waals surface area contributed by atoms with Crippen LogP contribution < -0.4 is 0 Å². The minimum absolute atomic E-state index is 0.459. The van der Waals surface area contributed by atoms with Gasteiger partial charge >= 0.3 is 0 Å². The van der Waals surface area contributed by atoms with Gasteiger partial charge in [0, 0.05) is 40.7 Å². The third-order valence-corrected chi connectivity index (χ3v) is 6.57. The maximum atomic E-state index is 3.60. The largest absolute Gasteiger partial charge is 0.361 e. The zero-order valence-corrected chi connectivity index (χ0v) is 15.6. The van der Waals surface area contributed by atoms with Crippen LogP contribution in [0.2, 0.25) is 0 Å². The van der Waals surface area contributed by atoms with Crippen molar-refractivity contribution in [3.05, 3.63) is 46.6 Å². The number of nitrogens with one attached hydrogen (secondary N) is 1. The zero-order chi connectivity index (χ0) is 16.0. The Bertz CT molecular complexity index is 747. The molecule has 2 aromatic rings. The molecule has 0 saturated carbocycles. The lowest BCUT2D eigenvalue weighted by atomic mass is 9.65. The lowest BCUT2D eigenvalue weighted by Crippen LogP contribution is -2.55. The number of H-pyrrole nitrogens is 1. The van der Waals surface area contributed by atoms with E-state index >= 15 is 0 Å². The summed E-state index contributed by atoms with van der Waals surface area (Å²) in [7, 11) is 0. The molecule has 1 N–H and O–H groups in total. The van der Waals surface area contributed by atoms with E-state index < -0.39 is 0 Å². The molecule has 23 heavy (non-hydrogen) atoms. The Morgan fingerprint density at radius 3 is 3.00 bits per heavy atom. The molecule has 1 aromatic heterocycles. The van der Waals surface area contributed by atoms with Crippen LogP contribution in [0.4, 0.5) is 0 Å². The first kappa shape index (κ1) is 15.5. The van der Waals surface area contributed by atoms with Gasteiger partial charge in [0.15, 0.2) is 0 Å². The van der Waals surface area contributed by atoms with Crippen LogP contribution in [-0.2, 0) is 6.42 Å². The molecule has 1 fully saturated rings. The van der Waals surface area contributed by atoms with Gasteiger partial charge in [-0.3, -0.25) is 4.90 Å². The van der Waals surface area contributed by atoms with Crippen LogP contribution in [0.5, 0.6) is 0 Å². The molecule has 2 bridgehead atoms. The molecule has 3 unspecified atom stereocenters. The fraction of sp³-hybridized carbons (Fsp3) is 0.500. The SMILES string of the molecule is CCC1(C)CC2C=CC1N(CCc1c[nH]c3ccc(Br)cc13)C2. The predicted octanol–water partition coefficient (Wildman–Crippen LogP) is 5.15. The molecule has 0 amide bonds. The zero-order valence-electron chi connectivity index (χ0n) is 14.0. The van der Waals surface area contributed by atoms with Gasteiger partial charge in [0.25, 0.3) is 0 Å². The second kappa shape index (κ2) is 5.78. The van der Waals surface area contributed by atoms with E-state index in [1.807, 2.05) is 0 Å². The highest BCUT2D eigenvalue weighted by Crippen LogP contribution is 2.45. The lowest BCUT2D eigenvalue weighted by molar-refractivity contribution is 0.0167. The first-order chi connectivity index (χ1) is 11.1. The van der Waals surface area contributed by atoms with Crippen LogP contribution in [0.25, 0.3) is 10.9 Å². The summed E-state index contributed by atoms with van der Waals surface area (Å²) >= 11 is 3.60. The van der Waals surface area contributed by atoms with Gasteiger partial charge in [-0.15, -0.1) is 0 Å². The van der Waals surface area contributed by atoms with Crippen molar-refractivity contribution in [3.8, 4) is 0 Å². The summed E-state index contributed by atoms with van der Waals surface area (Å²) in [5.74, 6) is 0.752. The highest BCUT2D eigenvalue weighted by molar-refractivity contribution is 9.10. The number of fused-ring (bicyclic) bond motifs is 3. The van der Waals surface area contributed by atoms with Gasteiger partial charge in [0.1, 0.15) is 0 Å². The number of aromatic amines is 1. The summed E-state index contributed by atoms with van der Waals surface area (Å²) in [6, 6.07) is 7.11. The quantitative estimate of drug-likeness (QED) is 0.735. The maximum Gasteiger partial charge on any atom is 0.0457 e. The number of halogens is 1. The van der Waals surface area contributed by atoms with E-state index in [0.717, 1.165) is 23.4 Å². The monoisotopic (exact) mass is 372 g/mol. The third kappa shape index (κ3) is 2.68. The maximum absolute atomic E-state index is 3.60. The van der Waals surface area contributed by atoms with Crippen LogP contribution in [0.15, 0.2) is 41.0 Å². The molecule has 1 aromatic carbocycles. The molecule has 122 valence electrons. The smallest absolute Gasteiger partial charge is 0.0457 e. The topological polar surface area (TPSA) is 19.0 Å².